The first-order valence-electron chi connectivity index (χ1n) is 5.28. The molecule has 17 heavy (non-hydrogen) atoms. The highest BCUT2D eigenvalue weighted by molar-refractivity contribution is 6.30. The summed E-state index contributed by atoms with van der Waals surface area (Å²) in [7, 11) is 0. The number of rotatable bonds is 3. The molecule has 0 bridgehead atoms. The second kappa shape index (κ2) is 5.06. The van der Waals surface area contributed by atoms with Gasteiger partial charge in [-0.05, 0) is 42.8 Å². The Morgan fingerprint density at radius 3 is 2.59 bits per heavy atom. The van der Waals surface area contributed by atoms with Crippen LogP contribution in [0.4, 0.5) is 5.69 Å². The molecule has 0 aliphatic carbocycles. The Labute approximate surface area is 105 Å². The van der Waals surface area contributed by atoms with E-state index in [0.717, 1.165) is 5.56 Å². The molecule has 0 amide bonds. The topological polar surface area (TPSA) is 48.1 Å². The average Bonchev–Trinajstić information content (AvgIpc) is 2.34. The van der Waals surface area contributed by atoms with Gasteiger partial charge < -0.3 is 10.5 Å². The highest BCUT2D eigenvalue weighted by Crippen LogP contribution is 2.29. The number of aromatic nitrogens is 1. The van der Waals surface area contributed by atoms with Crippen molar-refractivity contribution in [3.05, 3.63) is 53.3 Å². The Bertz CT molecular complexity index is 502. The Balaban J connectivity index is 2.16. The Hall–Kier alpha value is -1.74. The Morgan fingerprint density at radius 1 is 1.24 bits per heavy atom. The molecule has 1 atom stereocenters. The zero-order valence-corrected chi connectivity index (χ0v) is 10.2. The molecule has 3 nitrogen and oxygen atoms in total. The molecule has 88 valence electrons. The SMILES string of the molecule is CC(Oc1ccc(Cl)cc1N)c1ccncc1. The Morgan fingerprint density at radius 2 is 1.94 bits per heavy atom. The first-order chi connectivity index (χ1) is 8.16. The van der Waals surface area contributed by atoms with Gasteiger partial charge in [0.15, 0.2) is 0 Å². The fourth-order valence-electron chi connectivity index (χ4n) is 1.52. The van der Waals surface area contributed by atoms with Crippen molar-refractivity contribution in [2.45, 2.75) is 13.0 Å². The standard InChI is InChI=1S/C13H13ClN2O/c1-9(10-4-6-16-7-5-10)17-13-3-2-11(14)8-12(13)15/h2-9H,15H2,1H3. The minimum atomic E-state index is -0.0820. The van der Waals surface area contributed by atoms with E-state index in [1.54, 1.807) is 30.6 Å². The number of pyridine rings is 1. The molecule has 1 aromatic carbocycles. The van der Waals surface area contributed by atoms with Crippen molar-refractivity contribution >= 4 is 17.3 Å². The van der Waals surface area contributed by atoms with Gasteiger partial charge in [0.25, 0.3) is 0 Å². The van der Waals surface area contributed by atoms with Crippen LogP contribution in [0.2, 0.25) is 5.02 Å². The summed E-state index contributed by atoms with van der Waals surface area (Å²) in [5.74, 6) is 0.638. The highest BCUT2D eigenvalue weighted by atomic mass is 35.5. The van der Waals surface area contributed by atoms with Gasteiger partial charge in [0.2, 0.25) is 0 Å². The molecule has 2 rings (SSSR count). The molecular weight excluding hydrogens is 236 g/mol. The van der Waals surface area contributed by atoms with Gasteiger partial charge in [-0.25, -0.2) is 0 Å². The van der Waals surface area contributed by atoms with Crippen LogP contribution in [-0.4, -0.2) is 4.98 Å². The lowest BCUT2D eigenvalue weighted by atomic mass is 10.2. The van der Waals surface area contributed by atoms with Crippen molar-refractivity contribution in [3.8, 4) is 5.75 Å². The van der Waals surface area contributed by atoms with Crippen molar-refractivity contribution in [3.63, 3.8) is 0 Å². The summed E-state index contributed by atoms with van der Waals surface area (Å²) in [6, 6.07) is 9.03. The predicted octanol–water partition coefficient (Wildman–Crippen LogP) is 3.46. The van der Waals surface area contributed by atoms with Crippen LogP contribution in [0.3, 0.4) is 0 Å². The fraction of sp³-hybridized carbons (Fsp3) is 0.154. The van der Waals surface area contributed by atoms with Crippen LogP contribution in [0.5, 0.6) is 5.75 Å². The van der Waals surface area contributed by atoms with Gasteiger partial charge in [-0.3, -0.25) is 4.98 Å². The number of hydrogen-bond donors (Lipinski definition) is 1. The van der Waals surface area contributed by atoms with Gasteiger partial charge in [-0.15, -0.1) is 0 Å². The maximum absolute atomic E-state index is 5.83. The lowest BCUT2D eigenvalue weighted by Gasteiger charge is -2.16. The molecule has 1 heterocycles. The summed E-state index contributed by atoms with van der Waals surface area (Å²) < 4.78 is 5.77. The first-order valence-corrected chi connectivity index (χ1v) is 5.66. The molecule has 0 radical (unpaired) electrons. The van der Waals surface area contributed by atoms with Crippen LogP contribution in [-0.2, 0) is 0 Å². The quantitative estimate of drug-likeness (QED) is 0.847. The van der Waals surface area contributed by atoms with Crippen LogP contribution in [0.15, 0.2) is 42.7 Å². The lowest BCUT2D eigenvalue weighted by molar-refractivity contribution is 0.228. The summed E-state index contributed by atoms with van der Waals surface area (Å²) in [6.45, 7) is 1.96. The largest absolute Gasteiger partial charge is 0.484 e. The molecule has 0 fully saturated rings. The maximum atomic E-state index is 5.83. The minimum absolute atomic E-state index is 0.0820. The second-order valence-corrected chi connectivity index (χ2v) is 4.16. The minimum Gasteiger partial charge on any atom is -0.484 e. The van der Waals surface area contributed by atoms with E-state index >= 15 is 0 Å². The smallest absolute Gasteiger partial charge is 0.143 e. The van der Waals surface area contributed by atoms with E-state index < -0.39 is 0 Å². The van der Waals surface area contributed by atoms with Crippen molar-refractivity contribution in [2.24, 2.45) is 0 Å². The number of hydrogen-bond acceptors (Lipinski definition) is 3. The third-order valence-corrected chi connectivity index (χ3v) is 2.69. The molecular formula is C13H13ClN2O. The molecule has 2 aromatic rings. The number of nitrogen functional groups attached to an aromatic ring is 1. The molecule has 1 unspecified atom stereocenters. The van der Waals surface area contributed by atoms with Crippen molar-refractivity contribution < 1.29 is 4.74 Å². The highest BCUT2D eigenvalue weighted by Gasteiger charge is 2.09. The molecule has 2 N–H and O–H groups in total. The summed E-state index contributed by atoms with van der Waals surface area (Å²) >= 11 is 5.83. The zero-order valence-electron chi connectivity index (χ0n) is 9.43. The van der Waals surface area contributed by atoms with Crippen molar-refractivity contribution in [1.82, 2.24) is 4.98 Å². The van der Waals surface area contributed by atoms with Crippen LogP contribution in [0.1, 0.15) is 18.6 Å². The van der Waals surface area contributed by atoms with E-state index in [4.69, 9.17) is 22.1 Å². The summed E-state index contributed by atoms with van der Waals surface area (Å²) in [5, 5.41) is 0.603. The third kappa shape index (κ3) is 2.88. The van der Waals surface area contributed by atoms with Gasteiger partial charge in [0.1, 0.15) is 11.9 Å². The molecule has 0 saturated carbocycles. The third-order valence-electron chi connectivity index (χ3n) is 2.45. The van der Waals surface area contributed by atoms with E-state index in [9.17, 15) is 0 Å². The van der Waals surface area contributed by atoms with Gasteiger partial charge in [-0.1, -0.05) is 11.6 Å². The average molecular weight is 249 g/mol. The number of benzene rings is 1. The predicted molar refractivity (Wildman–Crippen MR) is 69.1 cm³/mol. The summed E-state index contributed by atoms with van der Waals surface area (Å²) in [5.41, 5.74) is 7.42. The van der Waals surface area contributed by atoms with Crippen LogP contribution >= 0.6 is 11.6 Å². The first kappa shape index (κ1) is 11.7. The number of halogens is 1. The van der Waals surface area contributed by atoms with Gasteiger partial charge in [-0.2, -0.15) is 0 Å². The van der Waals surface area contributed by atoms with E-state index in [1.807, 2.05) is 19.1 Å². The molecule has 4 heteroatoms. The molecule has 0 saturated heterocycles. The summed E-state index contributed by atoms with van der Waals surface area (Å²) in [4.78, 5) is 3.97. The van der Waals surface area contributed by atoms with E-state index in [0.29, 0.717) is 16.5 Å². The van der Waals surface area contributed by atoms with E-state index in [2.05, 4.69) is 4.98 Å². The van der Waals surface area contributed by atoms with Gasteiger partial charge in [0, 0.05) is 17.4 Å². The van der Waals surface area contributed by atoms with E-state index in [-0.39, 0.29) is 6.10 Å². The number of ether oxygens (including phenoxy) is 1. The van der Waals surface area contributed by atoms with Gasteiger partial charge in [0.05, 0.1) is 5.69 Å². The van der Waals surface area contributed by atoms with Crippen LogP contribution in [0.25, 0.3) is 0 Å². The molecule has 0 aliphatic heterocycles. The molecule has 0 aliphatic rings. The molecule has 0 spiro atoms. The second-order valence-electron chi connectivity index (χ2n) is 3.72. The van der Waals surface area contributed by atoms with Crippen LogP contribution in [0, 0.1) is 0 Å². The number of anilines is 1. The fourth-order valence-corrected chi connectivity index (χ4v) is 1.70. The number of nitrogens with zero attached hydrogens (tertiary/aromatic N) is 1. The lowest BCUT2D eigenvalue weighted by Crippen LogP contribution is -2.04. The maximum Gasteiger partial charge on any atom is 0.143 e. The molecule has 1 aromatic heterocycles. The summed E-state index contributed by atoms with van der Waals surface area (Å²) in [6.07, 6.45) is 3.39. The zero-order chi connectivity index (χ0) is 12.3. The van der Waals surface area contributed by atoms with E-state index in [1.165, 1.54) is 0 Å². The van der Waals surface area contributed by atoms with Crippen molar-refractivity contribution in [2.75, 3.05) is 5.73 Å². The van der Waals surface area contributed by atoms with Crippen LogP contribution < -0.4 is 10.5 Å². The monoisotopic (exact) mass is 248 g/mol. The normalized spacial score (nSPS) is 12.1. The Kier molecular flexibility index (Phi) is 3.49. The van der Waals surface area contributed by atoms with Crippen molar-refractivity contribution in [1.29, 1.82) is 0 Å². The number of nitrogens with two attached hydrogens (primary N) is 1. The van der Waals surface area contributed by atoms with Gasteiger partial charge >= 0.3 is 0 Å².